The van der Waals surface area contributed by atoms with E-state index in [1.807, 2.05) is 0 Å². The maximum atomic E-state index is 13.6. The van der Waals surface area contributed by atoms with Gasteiger partial charge in [0.1, 0.15) is 23.3 Å². The van der Waals surface area contributed by atoms with Gasteiger partial charge in [0, 0.05) is 21.7 Å². The van der Waals surface area contributed by atoms with Crippen LogP contribution in [0.25, 0.3) is 11.0 Å². The highest BCUT2D eigenvalue weighted by atomic mass is 35.5. The summed E-state index contributed by atoms with van der Waals surface area (Å²) in [6.07, 6.45) is -2.11. The van der Waals surface area contributed by atoms with Gasteiger partial charge in [-0.2, -0.15) is 18.3 Å². The number of halogens is 4. The van der Waals surface area contributed by atoms with Crippen molar-refractivity contribution in [3.63, 3.8) is 0 Å². The third-order valence-corrected chi connectivity index (χ3v) is 6.61. The maximum Gasteiger partial charge on any atom is 0.435 e. The number of hydrogen-bond acceptors (Lipinski definition) is 7. The van der Waals surface area contributed by atoms with Crippen molar-refractivity contribution in [1.82, 2.24) is 19.7 Å². The number of aromatic nitrogens is 4. The lowest BCUT2D eigenvalue weighted by Gasteiger charge is -2.15. The predicted molar refractivity (Wildman–Crippen MR) is 120 cm³/mol. The summed E-state index contributed by atoms with van der Waals surface area (Å²) >= 11 is 6.26. The van der Waals surface area contributed by atoms with Gasteiger partial charge in [-0.15, -0.1) is 0 Å². The van der Waals surface area contributed by atoms with E-state index in [1.54, 1.807) is 7.05 Å². The largest absolute Gasteiger partial charge is 0.452 e. The Kier molecular flexibility index (Phi) is 6.86. The second-order valence-corrected chi connectivity index (χ2v) is 14.3. The van der Waals surface area contributed by atoms with Crippen LogP contribution in [0.1, 0.15) is 5.69 Å². The van der Waals surface area contributed by atoms with Crippen LogP contribution in [0.3, 0.4) is 0 Å². The van der Waals surface area contributed by atoms with Crippen molar-refractivity contribution in [3.8, 4) is 11.5 Å². The number of ether oxygens (including phenoxy) is 2. The van der Waals surface area contributed by atoms with Gasteiger partial charge in [0.05, 0.1) is 23.5 Å². The standard InChI is InChI=1S/C19H24ClF3N6O2Si/c1-25-15-14(20)13(9-26-17(15)24)31-11-7-12-16(19(21,22)23)28-29(18(12)27-8-11)10-30-5-6-32(2,3)4/h7-9,25H,5-6,10H2,1-4H3,(H2,24,26). The molecule has 0 aliphatic rings. The fourth-order valence-electron chi connectivity index (χ4n) is 2.85. The molecule has 0 spiro atoms. The van der Waals surface area contributed by atoms with Crippen LogP contribution in [-0.2, 0) is 17.6 Å². The van der Waals surface area contributed by atoms with Crippen LogP contribution in [0.4, 0.5) is 24.7 Å². The molecule has 0 saturated heterocycles. The molecule has 0 aliphatic heterocycles. The Bertz CT molecular complexity index is 1120. The fraction of sp³-hybridized carbons (Fsp3) is 0.421. The summed E-state index contributed by atoms with van der Waals surface area (Å²) in [5.41, 5.74) is 5.05. The van der Waals surface area contributed by atoms with Crippen LogP contribution in [0.15, 0.2) is 18.5 Å². The lowest BCUT2D eigenvalue weighted by atomic mass is 10.2. The number of alkyl halides is 3. The van der Waals surface area contributed by atoms with E-state index in [0.717, 1.165) is 10.7 Å². The van der Waals surface area contributed by atoms with Crippen LogP contribution in [0.5, 0.6) is 11.5 Å². The SMILES string of the molecule is CNc1c(N)ncc(Oc2cnc3c(c2)c(C(F)(F)F)nn3COCC[Si](C)(C)C)c1Cl. The zero-order valence-corrected chi connectivity index (χ0v) is 19.8. The van der Waals surface area contributed by atoms with E-state index < -0.39 is 19.9 Å². The van der Waals surface area contributed by atoms with Crippen molar-refractivity contribution in [1.29, 1.82) is 0 Å². The van der Waals surface area contributed by atoms with E-state index in [0.29, 0.717) is 12.3 Å². The van der Waals surface area contributed by atoms with Gasteiger partial charge in [-0.1, -0.05) is 31.2 Å². The molecule has 13 heteroatoms. The molecular formula is C19H24ClF3N6O2Si. The van der Waals surface area contributed by atoms with Crippen molar-refractivity contribution in [2.45, 2.75) is 38.6 Å². The fourth-order valence-corrected chi connectivity index (χ4v) is 3.88. The van der Waals surface area contributed by atoms with Crippen molar-refractivity contribution in [3.05, 3.63) is 29.2 Å². The molecule has 3 N–H and O–H groups in total. The van der Waals surface area contributed by atoms with Gasteiger partial charge < -0.3 is 20.5 Å². The molecule has 0 fully saturated rings. The first-order valence-corrected chi connectivity index (χ1v) is 13.8. The van der Waals surface area contributed by atoms with Crippen molar-refractivity contribution >= 4 is 42.2 Å². The molecule has 0 amide bonds. The number of nitrogens with zero attached hydrogens (tertiary/aromatic N) is 4. The highest BCUT2D eigenvalue weighted by Gasteiger charge is 2.37. The third kappa shape index (κ3) is 5.42. The lowest BCUT2D eigenvalue weighted by molar-refractivity contribution is -0.140. The third-order valence-electron chi connectivity index (χ3n) is 4.53. The predicted octanol–water partition coefficient (Wildman–Crippen LogP) is 5.23. The summed E-state index contributed by atoms with van der Waals surface area (Å²) in [7, 11) is 0.275. The Hall–Kier alpha value is -2.57. The molecule has 0 aliphatic carbocycles. The quantitative estimate of drug-likeness (QED) is 0.331. The first kappa shape index (κ1) is 24.1. The first-order chi connectivity index (χ1) is 14.9. The molecule has 0 atom stereocenters. The summed E-state index contributed by atoms with van der Waals surface area (Å²) in [5, 5.41) is 6.42. The molecular weight excluding hydrogens is 465 g/mol. The molecule has 174 valence electrons. The van der Waals surface area contributed by atoms with E-state index in [-0.39, 0.29) is 40.1 Å². The number of nitrogens with one attached hydrogen (secondary N) is 1. The van der Waals surface area contributed by atoms with Crippen LogP contribution >= 0.6 is 11.6 Å². The highest BCUT2D eigenvalue weighted by Crippen LogP contribution is 2.39. The molecule has 3 rings (SSSR count). The zero-order chi connectivity index (χ0) is 23.7. The van der Waals surface area contributed by atoms with Crippen molar-refractivity contribution in [2.75, 3.05) is 24.7 Å². The maximum absolute atomic E-state index is 13.6. The monoisotopic (exact) mass is 488 g/mol. The number of rotatable bonds is 8. The number of pyridine rings is 2. The molecule has 3 aromatic heterocycles. The van der Waals surface area contributed by atoms with Gasteiger partial charge in [0.25, 0.3) is 0 Å². The molecule has 8 nitrogen and oxygen atoms in total. The van der Waals surface area contributed by atoms with Gasteiger partial charge in [-0.3, -0.25) is 0 Å². The topological polar surface area (TPSA) is 100 Å². The van der Waals surface area contributed by atoms with Gasteiger partial charge in [-0.05, 0) is 12.1 Å². The average Bonchev–Trinajstić information content (AvgIpc) is 3.05. The molecule has 0 radical (unpaired) electrons. The minimum absolute atomic E-state index is 0.0371. The van der Waals surface area contributed by atoms with E-state index in [4.69, 9.17) is 26.8 Å². The Labute approximate surface area is 188 Å². The smallest absolute Gasteiger partial charge is 0.435 e. The summed E-state index contributed by atoms with van der Waals surface area (Å²) in [6, 6.07) is 2.09. The lowest BCUT2D eigenvalue weighted by Crippen LogP contribution is -2.22. The van der Waals surface area contributed by atoms with E-state index in [2.05, 4.69) is 40.0 Å². The Morgan fingerprint density at radius 3 is 2.56 bits per heavy atom. The van der Waals surface area contributed by atoms with Gasteiger partial charge >= 0.3 is 6.18 Å². The minimum Gasteiger partial charge on any atom is -0.452 e. The van der Waals surface area contributed by atoms with E-state index >= 15 is 0 Å². The van der Waals surface area contributed by atoms with Gasteiger partial charge in [0.2, 0.25) is 0 Å². The first-order valence-electron chi connectivity index (χ1n) is 9.72. The Balaban J connectivity index is 1.92. The minimum atomic E-state index is -4.68. The number of anilines is 2. The Morgan fingerprint density at radius 2 is 1.94 bits per heavy atom. The summed E-state index contributed by atoms with van der Waals surface area (Å²) < 4.78 is 53.1. The Morgan fingerprint density at radius 1 is 1.22 bits per heavy atom. The average molecular weight is 489 g/mol. The van der Waals surface area contributed by atoms with Gasteiger partial charge in [-0.25, -0.2) is 14.6 Å². The normalized spacial score (nSPS) is 12.4. The molecule has 32 heavy (non-hydrogen) atoms. The molecule has 0 bridgehead atoms. The van der Waals surface area contributed by atoms with Crippen molar-refractivity contribution < 1.29 is 22.6 Å². The van der Waals surface area contributed by atoms with Gasteiger partial charge in [0.15, 0.2) is 17.1 Å². The number of nitrogen functional groups attached to an aromatic ring is 1. The highest BCUT2D eigenvalue weighted by molar-refractivity contribution is 6.76. The number of fused-ring (bicyclic) bond motifs is 1. The number of hydrogen-bond donors (Lipinski definition) is 2. The molecule has 0 saturated carbocycles. The summed E-state index contributed by atoms with van der Waals surface area (Å²) in [5.74, 6) is 0.313. The van der Waals surface area contributed by atoms with Crippen LogP contribution in [0.2, 0.25) is 30.7 Å². The van der Waals surface area contributed by atoms with Crippen LogP contribution in [0, 0.1) is 0 Å². The summed E-state index contributed by atoms with van der Waals surface area (Å²) in [6.45, 7) is 6.87. The second-order valence-electron chi connectivity index (χ2n) is 8.28. The zero-order valence-electron chi connectivity index (χ0n) is 18.0. The molecule has 3 heterocycles. The molecule has 3 aromatic rings. The van der Waals surface area contributed by atoms with Crippen LogP contribution < -0.4 is 15.8 Å². The summed E-state index contributed by atoms with van der Waals surface area (Å²) in [4.78, 5) is 8.09. The number of nitrogens with two attached hydrogens (primary N) is 1. The molecule has 0 aromatic carbocycles. The van der Waals surface area contributed by atoms with Crippen LogP contribution in [-0.4, -0.2) is 41.5 Å². The molecule has 0 unspecified atom stereocenters. The van der Waals surface area contributed by atoms with Crippen molar-refractivity contribution in [2.24, 2.45) is 0 Å². The van der Waals surface area contributed by atoms with E-state index in [9.17, 15) is 13.2 Å². The van der Waals surface area contributed by atoms with E-state index in [1.165, 1.54) is 18.5 Å². The second kappa shape index (κ2) is 9.12.